The lowest BCUT2D eigenvalue weighted by atomic mass is 9.88. The minimum absolute atomic E-state index is 0.228. The maximum Gasteiger partial charge on any atom is 0.231 e. The Labute approximate surface area is 134 Å². The van der Waals surface area contributed by atoms with Gasteiger partial charge < -0.3 is 16.2 Å². The molecule has 0 spiro atoms. The number of nitrogens with two attached hydrogens (primary N) is 1. The zero-order valence-electron chi connectivity index (χ0n) is 14.0. The molecule has 1 heterocycles. The van der Waals surface area contributed by atoms with E-state index in [1.54, 1.807) is 0 Å². The molecule has 1 saturated heterocycles. The molecular formula is C17H33N3O2. The topological polar surface area (TPSA) is 78.6 Å². The van der Waals surface area contributed by atoms with E-state index in [1.165, 1.54) is 25.7 Å². The molecule has 1 amide bonds. The molecule has 0 aromatic carbocycles. The maximum atomic E-state index is 11.2. The van der Waals surface area contributed by atoms with Crippen LogP contribution in [-0.4, -0.2) is 54.2 Å². The highest BCUT2D eigenvalue weighted by molar-refractivity contribution is 5.75. The van der Waals surface area contributed by atoms with Crippen LogP contribution in [0, 0.1) is 11.8 Å². The van der Waals surface area contributed by atoms with Crippen LogP contribution in [-0.2, 0) is 4.79 Å². The predicted molar refractivity (Wildman–Crippen MR) is 88.4 cm³/mol. The number of carbonyl (C=O) groups is 1. The first-order valence-corrected chi connectivity index (χ1v) is 8.99. The van der Waals surface area contributed by atoms with Crippen molar-refractivity contribution in [3.05, 3.63) is 0 Å². The zero-order valence-corrected chi connectivity index (χ0v) is 14.0. The highest BCUT2D eigenvalue weighted by Crippen LogP contribution is 2.26. The number of nitrogens with one attached hydrogen (secondary N) is 1. The van der Waals surface area contributed by atoms with E-state index in [1.807, 2.05) is 6.92 Å². The second-order valence-electron chi connectivity index (χ2n) is 7.32. The summed E-state index contributed by atoms with van der Waals surface area (Å²) in [5.41, 5.74) is 5.36. The van der Waals surface area contributed by atoms with Crippen molar-refractivity contribution in [2.45, 2.75) is 64.0 Å². The number of aliphatic hydroxyl groups excluding tert-OH is 1. The van der Waals surface area contributed by atoms with Gasteiger partial charge in [-0.05, 0) is 50.5 Å². The van der Waals surface area contributed by atoms with E-state index in [0.717, 1.165) is 44.8 Å². The standard InChI is InChI=1S/C17H33N3O2/c1-2-16(21)8-14-7-15(11-20(10-14)12-17(18)22)19-9-13-5-3-4-6-13/h13-16,19,21H,2-12H2,1H3,(H2,18,22). The van der Waals surface area contributed by atoms with Crippen molar-refractivity contribution in [1.82, 2.24) is 10.2 Å². The average molecular weight is 311 g/mol. The Morgan fingerprint density at radius 2 is 2.05 bits per heavy atom. The van der Waals surface area contributed by atoms with Crippen molar-refractivity contribution in [1.29, 1.82) is 0 Å². The molecule has 22 heavy (non-hydrogen) atoms. The van der Waals surface area contributed by atoms with E-state index in [0.29, 0.717) is 18.5 Å². The van der Waals surface area contributed by atoms with Gasteiger partial charge in [0.1, 0.15) is 0 Å². The van der Waals surface area contributed by atoms with Crippen LogP contribution in [0.4, 0.5) is 0 Å². The number of hydrogen-bond acceptors (Lipinski definition) is 4. The van der Waals surface area contributed by atoms with Crippen molar-refractivity contribution in [2.75, 3.05) is 26.2 Å². The number of nitrogens with zero attached hydrogens (tertiary/aromatic N) is 1. The summed E-state index contributed by atoms with van der Waals surface area (Å²) in [5, 5.41) is 13.6. The molecule has 128 valence electrons. The van der Waals surface area contributed by atoms with Gasteiger partial charge in [0, 0.05) is 19.1 Å². The minimum atomic E-state index is -0.258. The predicted octanol–water partition coefficient (Wildman–Crippen LogP) is 1.10. The third-order valence-electron chi connectivity index (χ3n) is 5.24. The molecule has 5 heteroatoms. The first kappa shape index (κ1) is 17.7. The van der Waals surface area contributed by atoms with Crippen LogP contribution in [0.2, 0.25) is 0 Å². The van der Waals surface area contributed by atoms with Gasteiger partial charge in [-0.3, -0.25) is 9.69 Å². The Bertz CT molecular complexity index is 345. The van der Waals surface area contributed by atoms with Gasteiger partial charge in [0.25, 0.3) is 0 Å². The van der Waals surface area contributed by atoms with Gasteiger partial charge in [0.2, 0.25) is 5.91 Å². The molecular weight excluding hydrogens is 278 g/mol. The Morgan fingerprint density at radius 1 is 1.32 bits per heavy atom. The van der Waals surface area contributed by atoms with Crippen LogP contribution in [0.1, 0.15) is 51.9 Å². The fraction of sp³-hybridized carbons (Fsp3) is 0.941. The normalized spacial score (nSPS) is 28.8. The lowest BCUT2D eigenvalue weighted by Gasteiger charge is -2.38. The number of piperidine rings is 1. The number of likely N-dealkylation sites (tertiary alicyclic amines) is 1. The van der Waals surface area contributed by atoms with Crippen LogP contribution in [0.5, 0.6) is 0 Å². The van der Waals surface area contributed by atoms with Crippen molar-refractivity contribution < 1.29 is 9.90 Å². The second-order valence-corrected chi connectivity index (χ2v) is 7.32. The minimum Gasteiger partial charge on any atom is -0.393 e. The van der Waals surface area contributed by atoms with Crippen molar-refractivity contribution >= 4 is 5.91 Å². The summed E-state index contributed by atoms with van der Waals surface area (Å²) in [6.45, 7) is 5.22. The molecule has 2 fully saturated rings. The van der Waals surface area contributed by atoms with Gasteiger partial charge in [-0.1, -0.05) is 19.8 Å². The number of amides is 1. The largest absolute Gasteiger partial charge is 0.393 e. The lowest BCUT2D eigenvalue weighted by Crippen LogP contribution is -2.52. The van der Waals surface area contributed by atoms with Gasteiger partial charge in [-0.25, -0.2) is 0 Å². The molecule has 5 nitrogen and oxygen atoms in total. The van der Waals surface area contributed by atoms with Crippen molar-refractivity contribution in [3.63, 3.8) is 0 Å². The number of rotatable bonds is 8. The maximum absolute atomic E-state index is 11.2. The van der Waals surface area contributed by atoms with Gasteiger partial charge in [0.05, 0.1) is 12.6 Å². The third-order valence-corrected chi connectivity index (χ3v) is 5.24. The van der Waals surface area contributed by atoms with Crippen LogP contribution < -0.4 is 11.1 Å². The zero-order chi connectivity index (χ0) is 15.9. The van der Waals surface area contributed by atoms with E-state index in [9.17, 15) is 9.90 Å². The van der Waals surface area contributed by atoms with Crippen LogP contribution in [0.3, 0.4) is 0 Å². The molecule has 2 rings (SSSR count). The molecule has 1 aliphatic carbocycles. The van der Waals surface area contributed by atoms with E-state index in [4.69, 9.17) is 5.73 Å². The molecule has 3 atom stereocenters. The SMILES string of the molecule is CCC(O)CC1CC(NCC2CCCC2)CN(CC(N)=O)C1. The van der Waals surface area contributed by atoms with Gasteiger partial charge in [-0.2, -0.15) is 0 Å². The van der Waals surface area contributed by atoms with Crippen LogP contribution in [0.25, 0.3) is 0 Å². The molecule has 0 bridgehead atoms. The third kappa shape index (κ3) is 5.86. The quantitative estimate of drug-likeness (QED) is 0.627. The van der Waals surface area contributed by atoms with E-state index in [2.05, 4.69) is 10.2 Å². The molecule has 1 saturated carbocycles. The molecule has 0 aromatic rings. The van der Waals surface area contributed by atoms with E-state index < -0.39 is 0 Å². The number of primary amides is 1. The number of aliphatic hydroxyl groups is 1. The summed E-state index contributed by atoms with van der Waals surface area (Å²) in [6.07, 6.45) is 7.94. The van der Waals surface area contributed by atoms with E-state index in [-0.39, 0.29) is 12.0 Å². The van der Waals surface area contributed by atoms with Gasteiger partial charge in [-0.15, -0.1) is 0 Å². The molecule has 0 radical (unpaired) electrons. The summed E-state index contributed by atoms with van der Waals surface area (Å²) < 4.78 is 0. The summed E-state index contributed by atoms with van der Waals surface area (Å²) >= 11 is 0. The fourth-order valence-electron chi connectivity index (χ4n) is 4.07. The lowest BCUT2D eigenvalue weighted by molar-refractivity contribution is -0.119. The highest BCUT2D eigenvalue weighted by Gasteiger charge is 2.29. The summed E-state index contributed by atoms with van der Waals surface area (Å²) in [4.78, 5) is 13.4. The monoisotopic (exact) mass is 311 g/mol. The molecule has 1 aliphatic heterocycles. The van der Waals surface area contributed by atoms with E-state index >= 15 is 0 Å². The molecule has 0 aromatic heterocycles. The number of hydrogen-bond donors (Lipinski definition) is 3. The Balaban J connectivity index is 1.84. The Hall–Kier alpha value is -0.650. The first-order valence-electron chi connectivity index (χ1n) is 8.99. The van der Waals surface area contributed by atoms with Crippen molar-refractivity contribution in [2.24, 2.45) is 17.6 Å². The smallest absolute Gasteiger partial charge is 0.231 e. The number of carbonyl (C=O) groups excluding carboxylic acids is 1. The molecule has 4 N–H and O–H groups in total. The molecule has 2 aliphatic rings. The Kier molecular flexibility index (Phi) is 7.12. The summed E-state index contributed by atoms with van der Waals surface area (Å²) in [6, 6.07) is 0.419. The van der Waals surface area contributed by atoms with Crippen LogP contribution >= 0.6 is 0 Å². The van der Waals surface area contributed by atoms with Crippen LogP contribution in [0.15, 0.2) is 0 Å². The summed E-state index contributed by atoms with van der Waals surface area (Å²) in [5.74, 6) is 1.02. The van der Waals surface area contributed by atoms with Gasteiger partial charge >= 0.3 is 0 Å². The summed E-state index contributed by atoms with van der Waals surface area (Å²) in [7, 11) is 0. The highest BCUT2D eigenvalue weighted by atomic mass is 16.3. The van der Waals surface area contributed by atoms with Gasteiger partial charge in [0.15, 0.2) is 0 Å². The molecule has 3 unspecified atom stereocenters. The van der Waals surface area contributed by atoms with Crippen molar-refractivity contribution in [3.8, 4) is 0 Å². The first-order chi connectivity index (χ1) is 10.6. The second kappa shape index (κ2) is 8.85. The fourth-order valence-corrected chi connectivity index (χ4v) is 4.07. The Morgan fingerprint density at radius 3 is 2.68 bits per heavy atom. The average Bonchev–Trinajstić information content (AvgIpc) is 2.97.